The predicted molar refractivity (Wildman–Crippen MR) is 110 cm³/mol. The molecule has 2 heterocycles. The van der Waals surface area contributed by atoms with Crippen molar-refractivity contribution in [1.82, 2.24) is 4.98 Å². The third kappa shape index (κ3) is 8.31. The molecule has 4 heteroatoms. The van der Waals surface area contributed by atoms with Gasteiger partial charge in [0.25, 0.3) is 0 Å². The summed E-state index contributed by atoms with van der Waals surface area (Å²) in [5.74, 6) is -0.0716. The van der Waals surface area contributed by atoms with Crippen molar-refractivity contribution < 1.29 is 9.53 Å². The fraction of sp³-hybridized carbons (Fsp3) is 0.636. The molecule has 3 nitrogen and oxygen atoms in total. The van der Waals surface area contributed by atoms with Crippen molar-refractivity contribution in [2.45, 2.75) is 90.6 Å². The van der Waals surface area contributed by atoms with Crippen LogP contribution in [0.4, 0.5) is 0 Å². The van der Waals surface area contributed by atoms with Crippen molar-refractivity contribution in [3.8, 4) is 0 Å². The molecule has 0 fully saturated rings. The van der Waals surface area contributed by atoms with Crippen LogP contribution in [0.25, 0.3) is 6.08 Å². The number of esters is 1. The quantitative estimate of drug-likeness (QED) is 0.430. The molecular formula is C22H33NO2S. The highest BCUT2D eigenvalue weighted by Crippen LogP contribution is 2.19. The van der Waals surface area contributed by atoms with Gasteiger partial charge < -0.3 is 4.74 Å². The number of aromatic nitrogens is 1. The fourth-order valence-corrected chi connectivity index (χ4v) is 3.82. The first-order chi connectivity index (χ1) is 12.6. The maximum Gasteiger partial charge on any atom is 0.306 e. The summed E-state index contributed by atoms with van der Waals surface area (Å²) in [6, 6.07) is 0. The Morgan fingerprint density at radius 1 is 1.12 bits per heavy atom. The molecule has 1 aromatic heterocycles. The Morgan fingerprint density at radius 2 is 1.81 bits per heavy atom. The van der Waals surface area contributed by atoms with Gasteiger partial charge >= 0.3 is 5.97 Å². The predicted octanol–water partition coefficient (Wildman–Crippen LogP) is 6.63. The molecular weight excluding hydrogens is 342 g/mol. The largest absolute Gasteiger partial charge is 0.457 e. The van der Waals surface area contributed by atoms with Gasteiger partial charge in [0.15, 0.2) is 0 Å². The molecule has 0 saturated carbocycles. The lowest BCUT2D eigenvalue weighted by atomic mass is 10.0. The number of carbonyl (C=O) groups excluding carboxylic acids is 1. The number of allylic oxidation sites excluding steroid dienone is 1. The lowest BCUT2D eigenvalue weighted by Gasteiger charge is -2.17. The summed E-state index contributed by atoms with van der Waals surface area (Å²) in [7, 11) is 0. The van der Waals surface area contributed by atoms with E-state index in [0.717, 1.165) is 42.0 Å². The zero-order valence-corrected chi connectivity index (χ0v) is 17.2. The first-order valence-electron chi connectivity index (χ1n) is 10.1. The van der Waals surface area contributed by atoms with E-state index < -0.39 is 0 Å². The van der Waals surface area contributed by atoms with Crippen LogP contribution in [0.15, 0.2) is 23.1 Å². The van der Waals surface area contributed by atoms with E-state index in [2.05, 4.69) is 17.1 Å². The molecule has 2 rings (SSSR count). The topological polar surface area (TPSA) is 39.2 Å². The monoisotopic (exact) mass is 375 g/mol. The Morgan fingerprint density at radius 3 is 2.50 bits per heavy atom. The van der Waals surface area contributed by atoms with Crippen molar-refractivity contribution in [2.24, 2.45) is 0 Å². The lowest BCUT2D eigenvalue weighted by molar-refractivity contribution is -0.147. The first kappa shape index (κ1) is 20.9. The summed E-state index contributed by atoms with van der Waals surface area (Å²) in [4.78, 5) is 16.8. The molecule has 1 atom stereocenters. The van der Waals surface area contributed by atoms with Crippen LogP contribution in [0, 0.1) is 6.92 Å². The molecule has 1 aliphatic heterocycles. The van der Waals surface area contributed by atoms with Crippen molar-refractivity contribution >= 4 is 23.4 Å². The Balaban J connectivity index is 2.01. The summed E-state index contributed by atoms with van der Waals surface area (Å²) in [5.41, 5.74) is 2.02. The molecule has 0 saturated heterocycles. The number of rotatable bonds is 2. The highest BCUT2D eigenvalue weighted by molar-refractivity contribution is 7.09. The molecule has 0 bridgehead atoms. The van der Waals surface area contributed by atoms with Gasteiger partial charge in [0, 0.05) is 18.2 Å². The third-order valence-corrected chi connectivity index (χ3v) is 5.60. The highest BCUT2D eigenvalue weighted by Gasteiger charge is 2.15. The van der Waals surface area contributed by atoms with E-state index in [0.29, 0.717) is 6.42 Å². The van der Waals surface area contributed by atoms with Gasteiger partial charge in [-0.05, 0) is 44.8 Å². The lowest BCUT2D eigenvalue weighted by Crippen LogP contribution is -2.19. The van der Waals surface area contributed by atoms with Gasteiger partial charge in [-0.25, -0.2) is 4.98 Å². The van der Waals surface area contributed by atoms with Gasteiger partial charge in [-0.3, -0.25) is 4.79 Å². The van der Waals surface area contributed by atoms with Crippen molar-refractivity contribution in [3.63, 3.8) is 0 Å². The summed E-state index contributed by atoms with van der Waals surface area (Å²) >= 11 is 1.64. The maximum atomic E-state index is 12.3. The average molecular weight is 376 g/mol. The van der Waals surface area contributed by atoms with Crippen LogP contribution in [-0.2, 0) is 9.53 Å². The molecule has 144 valence electrons. The van der Waals surface area contributed by atoms with Crippen LogP contribution >= 0.6 is 11.3 Å². The number of hydrogen-bond donors (Lipinski definition) is 0. The standard InChI is InChI=1S/C22H33NO2S/c1-18(16-20-17-26-19(2)23-20)21-14-12-10-8-6-4-3-5-7-9-11-13-15-22(24)25-21/h10,12,16-17,21H,3-9,11,13-15H2,1-2H3/b12-10+,18-16+. The minimum absolute atomic E-state index is 0.0716. The molecule has 0 spiro atoms. The van der Waals surface area contributed by atoms with Gasteiger partial charge in [0.05, 0.1) is 10.7 Å². The Bertz CT molecular complexity index is 603. The molecule has 0 N–H and O–H groups in total. The number of nitrogens with zero attached hydrogens (tertiary/aromatic N) is 1. The Labute approximate surface area is 162 Å². The van der Waals surface area contributed by atoms with Gasteiger partial charge in [-0.15, -0.1) is 11.3 Å². The van der Waals surface area contributed by atoms with Gasteiger partial charge in [-0.1, -0.05) is 50.7 Å². The highest BCUT2D eigenvalue weighted by atomic mass is 32.1. The molecule has 0 radical (unpaired) electrons. The molecule has 1 unspecified atom stereocenters. The molecule has 0 aromatic carbocycles. The van der Waals surface area contributed by atoms with E-state index >= 15 is 0 Å². The van der Waals surface area contributed by atoms with Gasteiger partial charge in [-0.2, -0.15) is 0 Å². The number of ether oxygens (including phenoxy) is 1. The van der Waals surface area contributed by atoms with Crippen molar-refractivity contribution in [3.05, 3.63) is 33.8 Å². The fourth-order valence-electron chi connectivity index (χ4n) is 3.25. The Hall–Kier alpha value is -1.42. The number of thiazole rings is 1. The van der Waals surface area contributed by atoms with E-state index in [1.807, 2.05) is 25.3 Å². The molecule has 1 aromatic rings. The van der Waals surface area contributed by atoms with E-state index in [-0.39, 0.29) is 12.1 Å². The second-order valence-corrected chi connectivity index (χ2v) is 8.29. The smallest absolute Gasteiger partial charge is 0.306 e. The molecule has 26 heavy (non-hydrogen) atoms. The van der Waals surface area contributed by atoms with E-state index in [1.54, 1.807) is 11.3 Å². The van der Waals surface area contributed by atoms with Crippen molar-refractivity contribution in [1.29, 1.82) is 0 Å². The summed E-state index contributed by atoms with van der Waals surface area (Å²) in [6.07, 6.45) is 18.5. The summed E-state index contributed by atoms with van der Waals surface area (Å²) in [5, 5.41) is 3.10. The van der Waals surface area contributed by atoms with E-state index in [9.17, 15) is 4.79 Å². The zero-order valence-electron chi connectivity index (χ0n) is 16.3. The number of cyclic esters (lactones) is 1. The zero-order chi connectivity index (χ0) is 18.6. The first-order valence-corrected chi connectivity index (χ1v) is 11.0. The van der Waals surface area contributed by atoms with Crippen molar-refractivity contribution in [2.75, 3.05) is 0 Å². The van der Waals surface area contributed by atoms with Crippen LogP contribution in [0.5, 0.6) is 0 Å². The number of aryl methyl sites for hydroxylation is 1. The normalized spacial score (nSPS) is 23.4. The van der Waals surface area contributed by atoms with E-state index in [1.165, 1.54) is 38.5 Å². The minimum atomic E-state index is -0.186. The number of carbonyl (C=O) groups is 1. The summed E-state index contributed by atoms with van der Waals surface area (Å²) < 4.78 is 5.81. The SMILES string of the molecule is C/C(=C\c1csc(C)n1)C1C/C=C/CCCCCCCCCCC(=O)O1. The number of hydrogen-bond acceptors (Lipinski definition) is 4. The second-order valence-electron chi connectivity index (χ2n) is 7.23. The van der Waals surface area contributed by atoms with Crippen LogP contribution in [-0.4, -0.2) is 17.1 Å². The molecule has 0 aliphatic carbocycles. The van der Waals surface area contributed by atoms with Crippen LogP contribution in [0.3, 0.4) is 0 Å². The van der Waals surface area contributed by atoms with Gasteiger partial charge in [0.2, 0.25) is 0 Å². The summed E-state index contributed by atoms with van der Waals surface area (Å²) in [6.45, 7) is 4.05. The second kappa shape index (κ2) is 12.1. The third-order valence-electron chi connectivity index (χ3n) is 4.81. The van der Waals surface area contributed by atoms with Crippen LogP contribution < -0.4 is 0 Å². The maximum absolute atomic E-state index is 12.3. The molecule has 1 aliphatic rings. The Kier molecular flexibility index (Phi) is 9.68. The average Bonchev–Trinajstić information content (AvgIpc) is 3.01. The molecule has 0 amide bonds. The van der Waals surface area contributed by atoms with Crippen LogP contribution in [0.2, 0.25) is 0 Å². The van der Waals surface area contributed by atoms with E-state index in [4.69, 9.17) is 4.74 Å². The van der Waals surface area contributed by atoms with Crippen LogP contribution in [0.1, 0.15) is 88.3 Å². The van der Waals surface area contributed by atoms with Gasteiger partial charge in [0.1, 0.15) is 6.10 Å². The minimum Gasteiger partial charge on any atom is -0.457 e.